The topological polar surface area (TPSA) is 165 Å². The quantitative estimate of drug-likeness (QED) is 0.203. The van der Waals surface area contributed by atoms with Crippen LogP contribution in [0.5, 0.6) is 0 Å². The number of hydrogen-bond acceptors (Lipinski definition) is 8. The molecular weight excluding hydrogens is 512 g/mol. The third kappa shape index (κ3) is 5.02. The van der Waals surface area contributed by atoms with Crippen LogP contribution in [0.1, 0.15) is 79.6 Å². The van der Waals surface area contributed by atoms with Gasteiger partial charge in [-0.05, 0) is 80.5 Å². The van der Waals surface area contributed by atoms with Gasteiger partial charge in [-0.15, -0.1) is 0 Å². The minimum Gasteiger partial charge on any atom is -0.393 e. The minimum atomic E-state index is -4.65. The summed E-state index contributed by atoms with van der Waals surface area (Å²) in [5.74, 6) is 0.0304. The van der Waals surface area contributed by atoms with Gasteiger partial charge in [0.1, 0.15) is 0 Å². The Balaban J connectivity index is 1.52. The maximum Gasteiger partial charge on any atom is 0.397 e. The summed E-state index contributed by atoms with van der Waals surface area (Å²) < 4.78 is 35.1. The van der Waals surface area contributed by atoms with Crippen molar-refractivity contribution in [2.45, 2.75) is 109 Å². The van der Waals surface area contributed by atoms with Crippen LogP contribution in [0.2, 0.25) is 0 Å². The number of allylic oxidation sites excluding steroid dienone is 1. The molecule has 4 saturated carbocycles. The van der Waals surface area contributed by atoms with Gasteiger partial charge in [0.2, 0.25) is 0 Å². The summed E-state index contributed by atoms with van der Waals surface area (Å²) >= 11 is 0. The average Bonchev–Trinajstić information content (AvgIpc) is 3.08. The Kier molecular flexibility index (Phi) is 8.03. The van der Waals surface area contributed by atoms with E-state index in [1.54, 1.807) is 6.92 Å². The monoisotopic (exact) mass is 560 g/mol. The maximum absolute atomic E-state index is 11.7. The second kappa shape index (κ2) is 10.0. The van der Waals surface area contributed by atoms with Gasteiger partial charge in [0.25, 0.3) is 0 Å². The van der Waals surface area contributed by atoms with Crippen molar-refractivity contribution in [2.24, 2.45) is 46.3 Å². The summed E-state index contributed by atoms with van der Waals surface area (Å²) in [4.78, 5) is 0. The van der Waals surface area contributed by atoms with Gasteiger partial charge in [-0.1, -0.05) is 39.8 Å². The van der Waals surface area contributed by atoms with Crippen LogP contribution in [-0.4, -0.2) is 74.6 Å². The van der Waals surface area contributed by atoms with Gasteiger partial charge < -0.3 is 25.5 Å². The van der Waals surface area contributed by atoms with Gasteiger partial charge in [0, 0.05) is 17.8 Å². The van der Waals surface area contributed by atoms with Crippen LogP contribution >= 0.6 is 0 Å². The normalized spacial score (nSPS) is 48.6. The molecule has 0 heterocycles. The van der Waals surface area contributed by atoms with Gasteiger partial charge >= 0.3 is 10.4 Å². The number of rotatable bonds is 7. The predicted octanol–water partition coefficient (Wildman–Crippen LogP) is 2.46. The molecule has 13 atom stereocenters. The highest BCUT2D eigenvalue weighted by molar-refractivity contribution is 7.80. The Morgan fingerprint density at radius 3 is 2.37 bits per heavy atom. The van der Waals surface area contributed by atoms with E-state index in [1.165, 1.54) is 6.92 Å². The number of aliphatic hydroxyl groups is 5. The molecule has 38 heavy (non-hydrogen) atoms. The first kappa shape index (κ1) is 30.4. The molecular formula is C28H48O9S. The molecule has 9 nitrogen and oxygen atoms in total. The van der Waals surface area contributed by atoms with E-state index in [0.717, 1.165) is 12.8 Å². The second-order valence-corrected chi connectivity index (χ2v) is 14.9. The van der Waals surface area contributed by atoms with Crippen LogP contribution in [-0.2, 0) is 14.6 Å². The zero-order valence-corrected chi connectivity index (χ0v) is 24.1. The van der Waals surface area contributed by atoms with Crippen LogP contribution in [0.25, 0.3) is 0 Å². The van der Waals surface area contributed by atoms with E-state index in [9.17, 15) is 34.0 Å². The third-order valence-electron chi connectivity index (χ3n) is 11.7. The fourth-order valence-electron chi connectivity index (χ4n) is 9.20. The average molecular weight is 561 g/mol. The van der Waals surface area contributed by atoms with Gasteiger partial charge in [0.05, 0.1) is 36.1 Å². The lowest BCUT2D eigenvalue weighted by molar-refractivity contribution is -0.268. The highest BCUT2D eigenvalue weighted by Gasteiger charge is 2.68. The van der Waals surface area contributed by atoms with E-state index in [1.807, 2.05) is 12.2 Å². The summed E-state index contributed by atoms with van der Waals surface area (Å²) in [6.45, 7) is 9.06. The minimum absolute atomic E-state index is 0.00586. The van der Waals surface area contributed by atoms with Crippen molar-refractivity contribution in [3.63, 3.8) is 0 Å². The fourth-order valence-corrected chi connectivity index (χ4v) is 9.59. The SMILES string of the molecule is C[C@H](/C=C/[C@@H](C)[C@](C)(O)COS(=O)(=O)O)[C@H]1C[C@H](O)[C@H]2[C@@H]3C[C@@H](O)[C@@]4(O)C[C@@H](O)CC[C@]4(C)[C@H]3CC[C@@]21C. The Morgan fingerprint density at radius 2 is 1.74 bits per heavy atom. The molecule has 6 N–H and O–H groups in total. The summed E-state index contributed by atoms with van der Waals surface area (Å²) in [6.07, 6.45) is 6.10. The molecule has 0 unspecified atom stereocenters. The molecule has 0 aromatic carbocycles. The van der Waals surface area contributed by atoms with E-state index in [-0.39, 0.29) is 41.4 Å². The molecule has 4 aliphatic rings. The molecule has 4 aliphatic carbocycles. The molecule has 0 aromatic heterocycles. The van der Waals surface area contributed by atoms with Crippen molar-refractivity contribution >= 4 is 10.4 Å². The van der Waals surface area contributed by atoms with Gasteiger partial charge in [-0.3, -0.25) is 4.55 Å². The lowest BCUT2D eigenvalue weighted by Gasteiger charge is -2.65. The van der Waals surface area contributed by atoms with Crippen molar-refractivity contribution in [3.8, 4) is 0 Å². The molecule has 10 heteroatoms. The summed E-state index contributed by atoms with van der Waals surface area (Å²) in [6, 6.07) is 0. The zero-order valence-electron chi connectivity index (χ0n) is 23.3. The van der Waals surface area contributed by atoms with Crippen LogP contribution in [0.15, 0.2) is 12.2 Å². The van der Waals surface area contributed by atoms with Gasteiger partial charge in [-0.25, -0.2) is 4.18 Å². The highest BCUT2D eigenvalue weighted by Crippen LogP contribution is 2.69. The number of fused-ring (bicyclic) bond motifs is 5. The maximum atomic E-state index is 11.7. The van der Waals surface area contributed by atoms with Crippen LogP contribution in [0.3, 0.4) is 0 Å². The van der Waals surface area contributed by atoms with Crippen molar-refractivity contribution < 1.29 is 42.7 Å². The largest absolute Gasteiger partial charge is 0.397 e. The van der Waals surface area contributed by atoms with Gasteiger partial charge in [-0.2, -0.15) is 8.42 Å². The zero-order chi connectivity index (χ0) is 28.5. The molecule has 0 spiro atoms. The number of hydrogen-bond donors (Lipinski definition) is 6. The molecule has 0 aromatic rings. The van der Waals surface area contributed by atoms with E-state index >= 15 is 0 Å². The Morgan fingerprint density at radius 1 is 1.08 bits per heavy atom. The van der Waals surface area contributed by atoms with Crippen LogP contribution < -0.4 is 0 Å². The van der Waals surface area contributed by atoms with Crippen molar-refractivity contribution in [1.29, 1.82) is 0 Å². The molecule has 4 rings (SSSR count). The van der Waals surface area contributed by atoms with E-state index < -0.39 is 57.9 Å². The first-order valence-electron chi connectivity index (χ1n) is 14.1. The molecule has 0 radical (unpaired) electrons. The highest BCUT2D eigenvalue weighted by atomic mass is 32.3. The first-order chi connectivity index (χ1) is 17.4. The lowest BCUT2D eigenvalue weighted by Crippen LogP contribution is -2.69. The summed E-state index contributed by atoms with van der Waals surface area (Å²) in [5, 5.41) is 55.3. The fraction of sp³-hybridized carbons (Fsp3) is 0.929. The van der Waals surface area contributed by atoms with Gasteiger partial charge in [0.15, 0.2) is 0 Å². The summed E-state index contributed by atoms with van der Waals surface area (Å²) in [7, 11) is -4.65. The van der Waals surface area contributed by atoms with Crippen LogP contribution in [0, 0.1) is 46.3 Å². The smallest absolute Gasteiger partial charge is 0.393 e. The molecule has 0 bridgehead atoms. The van der Waals surface area contributed by atoms with Crippen molar-refractivity contribution in [1.82, 2.24) is 0 Å². The Bertz CT molecular complexity index is 1010. The molecule has 0 amide bonds. The third-order valence-corrected chi connectivity index (χ3v) is 12.1. The Hall–Kier alpha value is -0.590. The predicted molar refractivity (Wildman–Crippen MR) is 141 cm³/mol. The van der Waals surface area contributed by atoms with E-state index in [0.29, 0.717) is 25.7 Å². The van der Waals surface area contributed by atoms with Crippen LogP contribution in [0.4, 0.5) is 0 Å². The summed E-state index contributed by atoms with van der Waals surface area (Å²) in [5.41, 5.74) is -3.50. The standard InChI is InChI=1S/C28H48O9S/c1-16(6-7-17(2)27(5,32)15-37-38(34,35)36)21-13-22(30)24-19-12-23(31)28(33)14-18(29)8-11-26(28,4)20(19)9-10-25(21,24)3/h6-7,16-24,29-33H,8-15H2,1-5H3,(H,34,35,36)/b7-6+/t16-,17-,18+,19-,20+,21-,22+,23-,24-,25-,26-,27-,28+/m1/s1. The Labute approximate surface area is 227 Å². The lowest BCUT2D eigenvalue weighted by atomic mass is 9.42. The molecule has 4 fully saturated rings. The number of aliphatic hydroxyl groups excluding tert-OH is 3. The second-order valence-electron chi connectivity index (χ2n) is 13.8. The molecule has 0 saturated heterocycles. The van der Waals surface area contributed by atoms with Crippen molar-refractivity contribution in [2.75, 3.05) is 6.61 Å². The molecule has 0 aliphatic heterocycles. The molecule has 220 valence electrons. The van der Waals surface area contributed by atoms with E-state index in [2.05, 4.69) is 25.0 Å². The first-order valence-corrected chi connectivity index (χ1v) is 15.5. The van der Waals surface area contributed by atoms with E-state index in [4.69, 9.17) is 4.55 Å². The van der Waals surface area contributed by atoms with Crippen molar-refractivity contribution in [3.05, 3.63) is 12.2 Å².